The molecule has 0 radical (unpaired) electrons. The highest BCUT2D eigenvalue weighted by atomic mass is 32.2. The molecule has 19 heavy (non-hydrogen) atoms. The molecule has 0 saturated heterocycles. The standard InChI is InChI=1S/C11H18N4O3S/c1-11(2,10(13)16)6-15-9-4-3-7(5-8(9)12)19(14,17)18/h3-5,15H,6,12H2,1-2H3,(H2,13,16)(H2,14,17,18). The lowest BCUT2D eigenvalue weighted by atomic mass is 9.92. The number of nitrogens with two attached hydrogens (primary N) is 3. The first-order valence-electron chi connectivity index (χ1n) is 5.50. The summed E-state index contributed by atoms with van der Waals surface area (Å²) in [5.41, 5.74) is 11.0. The molecule has 0 aliphatic heterocycles. The molecule has 1 aromatic carbocycles. The maximum atomic E-state index is 11.2. The number of benzene rings is 1. The van der Waals surface area contributed by atoms with E-state index in [1.54, 1.807) is 13.8 Å². The molecule has 0 fully saturated rings. The van der Waals surface area contributed by atoms with Gasteiger partial charge in [-0.25, -0.2) is 13.6 Å². The predicted molar refractivity (Wildman–Crippen MR) is 73.7 cm³/mol. The number of hydrogen-bond acceptors (Lipinski definition) is 5. The van der Waals surface area contributed by atoms with Gasteiger partial charge in [-0.1, -0.05) is 0 Å². The number of primary sulfonamides is 1. The van der Waals surface area contributed by atoms with E-state index >= 15 is 0 Å². The Hall–Kier alpha value is -1.80. The molecule has 0 atom stereocenters. The van der Waals surface area contributed by atoms with Crippen LogP contribution < -0.4 is 21.9 Å². The lowest BCUT2D eigenvalue weighted by Gasteiger charge is -2.22. The summed E-state index contributed by atoms with van der Waals surface area (Å²) in [7, 11) is -3.78. The van der Waals surface area contributed by atoms with Crippen LogP contribution >= 0.6 is 0 Å². The van der Waals surface area contributed by atoms with E-state index in [0.717, 1.165) is 0 Å². The zero-order valence-corrected chi connectivity index (χ0v) is 11.6. The van der Waals surface area contributed by atoms with E-state index in [9.17, 15) is 13.2 Å². The second-order valence-electron chi connectivity index (χ2n) is 4.90. The number of carbonyl (C=O) groups is 1. The van der Waals surface area contributed by atoms with Gasteiger partial charge in [0, 0.05) is 6.54 Å². The Balaban J connectivity index is 2.91. The largest absolute Gasteiger partial charge is 0.397 e. The maximum Gasteiger partial charge on any atom is 0.238 e. The molecule has 0 heterocycles. The van der Waals surface area contributed by atoms with E-state index in [1.807, 2.05) is 0 Å². The summed E-state index contributed by atoms with van der Waals surface area (Å²) in [6.45, 7) is 3.66. The Kier molecular flexibility index (Phi) is 4.06. The molecule has 0 unspecified atom stereocenters. The van der Waals surface area contributed by atoms with Gasteiger partial charge in [-0.3, -0.25) is 4.79 Å². The van der Waals surface area contributed by atoms with Crippen molar-refractivity contribution in [3.8, 4) is 0 Å². The van der Waals surface area contributed by atoms with Gasteiger partial charge in [-0.15, -0.1) is 0 Å². The molecular weight excluding hydrogens is 268 g/mol. The van der Waals surface area contributed by atoms with Gasteiger partial charge in [-0.2, -0.15) is 0 Å². The first-order chi connectivity index (χ1) is 8.54. The Labute approximate surface area is 112 Å². The topological polar surface area (TPSA) is 141 Å². The molecule has 1 amide bonds. The van der Waals surface area contributed by atoms with Gasteiger partial charge in [0.25, 0.3) is 0 Å². The van der Waals surface area contributed by atoms with Gasteiger partial charge in [-0.05, 0) is 32.0 Å². The van der Waals surface area contributed by atoms with Crippen LogP contribution in [0.1, 0.15) is 13.8 Å². The molecular formula is C11H18N4O3S. The van der Waals surface area contributed by atoms with Crippen LogP contribution in [0.3, 0.4) is 0 Å². The fraction of sp³-hybridized carbons (Fsp3) is 0.364. The second kappa shape index (κ2) is 5.06. The third kappa shape index (κ3) is 3.83. The maximum absolute atomic E-state index is 11.2. The average Bonchev–Trinajstić information content (AvgIpc) is 2.25. The quantitative estimate of drug-likeness (QED) is 0.556. The molecule has 7 N–H and O–H groups in total. The summed E-state index contributed by atoms with van der Waals surface area (Å²) in [5, 5.41) is 7.95. The van der Waals surface area contributed by atoms with E-state index < -0.39 is 21.3 Å². The highest BCUT2D eigenvalue weighted by Crippen LogP contribution is 2.24. The summed E-state index contributed by atoms with van der Waals surface area (Å²) in [6, 6.07) is 4.09. The first kappa shape index (κ1) is 15.3. The molecule has 7 nitrogen and oxygen atoms in total. The van der Waals surface area contributed by atoms with Crippen molar-refractivity contribution in [1.29, 1.82) is 0 Å². The SMILES string of the molecule is CC(C)(CNc1ccc(S(N)(=O)=O)cc1N)C(N)=O. The molecule has 106 valence electrons. The van der Waals surface area contributed by atoms with Gasteiger partial charge in [0.1, 0.15) is 0 Å². The predicted octanol–water partition coefficient (Wildman–Crippen LogP) is -0.160. The van der Waals surface area contributed by atoms with Gasteiger partial charge < -0.3 is 16.8 Å². The van der Waals surface area contributed by atoms with Gasteiger partial charge in [0.15, 0.2) is 0 Å². The number of carbonyl (C=O) groups excluding carboxylic acids is 1. The van der Waals surface area contributed by atoms with Crippen LogP contribution in [0.5, 0.6) is 0 Å². The molecule has 0 aliphatic carbocycles. The number of anilines is 2. The fourth-order valence-corrected chi connectivity index (χ4v) is 1.83. The van der Waals surface area contributed by atoms with E-state index in [-0.39, 0.29) is 17.1 Å². The van der Waals surface area contributed by atoms with Crippen LogP contribution in [-0.4, -0.2) is 20.9 Å². The van der Waals surface area contributed by atoms with Crippen LogP contribution in [0.4, 0.5) is 11.4 Å². The minimum absolute atomic E-state index is 0.0651. The van der Waals surface area contributed by atoms with E-state index in [1.165, 1.54) is 18.2 Å². The third-order valence-electron chi connectivity index (χ3n) is 2.74. The zero-order valence-electron chi connectivity index (χ0n) is 10.8. The van der Waals surface area contributed by atoms with Crippen molar-refractivity contribution < 1.29 is 13.2 Å². The van der Waals surface area contributed by atoms with E-state index in [4.69, 9.17) is 16.6 Å². The first-order valence-corrected chi connectivity index (χ1v) is 7.05. The van der Waals surface area contributed by atoms with Gasteiger partial charge >= 0.3 is 0 Å². The molecule has 0 spiro atoms. The summed E-state index contributed by atoms with van der Waals surface area (Å²) in [6.07, 6.45) is 0. The zero-order chi connectivity index (χ0) is 14.8. The van der Waals surface area contributed by atoms with Crippen molar-refractivity contribution in [2.45, 2.75) is 18.7 Å². The van der Waals surface area contributed by atoms with Crippen molar-refractivity contribution in [3.63, 3.8) is 0 Å². The third-order valence-corrected chi connectivity index (χ3v) is 3.65. The molecule has 0 saturated carbocycles. The Morgan fingerprint density at radius 3 is 2.37 bits per heavy atom. The number of amides is 1. The highest BCUT2D eigenvalue weighted by molar-refractivity contribution is 7.89. The lowest BCUT2D eigenvalue weighted by Crippen LogP contribution is -2.37. The molecule has 1 aromatic rings. The van der Waals surface area contributed by atoms with Crippen LogP contribution in [0.25, 0.3) is 0 Å². The van der Waals surface area contributed by atoms with Crippen molar-refractivity contribution in [2.24, 2.45) is 16.3 Å². The molecule has 0 aliphatic rings. The summed E-state index contributed by atoms with van der Waals surface area (Å²) in [5.74, 6) is -0.445. The van der Waals surface area contributed by atoms with E-state index in [0.29, 0.717) is 5.69 Å². The van der Waals surface area contributed by atoms with Crippen molar-refractivity contribution in [3.05, 3.63) is 18.2 Å². The number of primary amides is 1. The number of sulfonamides is 1. The van der Waals surface area contributed by atoms with Crippen LogP contribution in [0.2, 0.25) is 0 Å². The number of nitrogen functional groups attached to an aromatic ring is 1. The van der Waals surface area contributed by atoms with Crippen LogP contribution in [0.15, 0.2) is 23.1 Å². The second-order valence-corrected chi connectivity index (χ2v) is 6.46. The fourth-order valence-electron chi connectivity index (χ4n) is 1.28. The Bertz CT molecular complexity index is 596. The van der Waals surface area contributed by atoms with Crippen molar-refractivity contribution in [2.75, 3.05) is 17.6 Å². The molecule has 0 aromatic heterocycles. The van der Waals surface area contributed by atoms with Crippen molar-refractivity contribution >= 4 is 27.3 Å². The van der Waals surface area contributed by atoms with Crippen LogP contribution in [-0.2, 0) is 14.8 Å². The number of rotatable bonds is 5. The van der Waals surface area contributed by atoms with Crippen LogP contribution in [0, 0.1) is 5.41 Å². The van der Waals surface area contributed by atoms with Gasteiger partial charge in [0.05, 0.1) is 21.7 Å². The molecule has 1 rings (SSSR count). The number of nitrogens with one attached hydrogen (secondary N) is 1. The molecule has 0 bridgehead atoms. The highest BCUT2D eigenvalue weighted by Gasteiger charge is 2.24. The Morgan fingerprint density at radius 2 is 1.95 bits per heavy atom. The minimum Gasteiger partial charge on any atom is -0.397 e. The number of hydrogen-bond donors (Lipinski definition) is 4. The molecule has 8 heteroatoms. The average molecular weight is 286 g/mol. The monoisotopic (exact) mass is 286 g/mol. The summed E-state index contributed by atoms with van der Waals surface area (Å²) < 4.78 is 22.3. The Morgan fingerprint density at radius 1 is 1.37 bits per heavy atom. The van der Waals surface area contributed by atoms with Crippen molar-refractivity contribution in [1.82, 2.24) is 0 Å². The summed E-state index contributed by atoms with van der Waals surface area (Å²) in [4.78, 5) is 11.1. The van der Waals surface area contributed by atoms with E-state index in [2.05, 4.69) is 5.32 Å². The summed E-state index contributed by atoms with van der Waals surface area (Å²) >= 11 is 0. The normalized spacial score (nSPS) is 12.2. The lowest BCUT2D eigenvalue weighted by molar-refractivity contribution is -0.125. The smallest absolute Gasteiger partial charge is 0.238 e. The van der Waals surface area contributed by atoms with Gasteiger partial charge in [0.2, 0.25) is 15.9 Å². The minimum atomic E-state index is -3.78.